The fourth-order valence-corrected chi connectivity index (χ4v) is 4.70. The van der Waals surface area contributed by atoms with Crippen LogP contribution in [0.3, 0.4) is 0 Å². The summed E-state index contributed by atoms with van der Waals surface area (Å²) in [4.78, 5) is 34.3. The van der Waals surface area contributed by atoms with E-state index >= 15 is 0 Å². The van der Waals surface area contributed by atoms with Gasteiger partial charge in [0.05, 0.1) is 13.2 Å². The summed E-state index contributed by atoms with van der Waals surface area (Å²) >= 11 is 0. The van der Waals surface area contributed by atoms with E-state index in [2.05, 4.69) is 25.5 Å². The molecule has 6 nitrogen and oxygen atoms in total. The van der Waals surface area contributed by atoms with Crippen LogP contribution in [0.15, 0.2) is 12.2 Å². The SMILES string of the molecule is CCOC(=O)/C=C/C(=O)OCCCCC(=O)O[Si](CC)(CC)CC. The molecule has 0 aromatic heterocycles. The lowest BCUT2D eigenvalue weighted by atomic mass is 10.2. The zero-order valence-corrected chi connectivity index (χ0v) is 16.3. The van der Waals surface area contributed by atoms with Gasteiger partial charge in [-0.2, -0.15) is 0 Å². The molecule has 0 radical (unpaired) electrons. The molecule has 0 spiro atoms. The van der Waals surface area contributed by atoms with Gasteiger partial charge in [0.25, 0.3) is 14.3 Å². The van der Waals surface area contributed by atoms with Gasteiger partial charge in [-0.15, -0.1) is 0 Å². The summed E-state index contributed by atoms with van der Waals surface area (Å²) in [5.41, 5.74) is 0. The minimum absolute atomic E-state index is 0.152. The average Bonchev–Trinajstić information content (AvgIpc) is 2.58. The Hall–Kier alpha value is -1.63. The Morgan fingerprint density at radius 3 is 1.88 bits per heavy atom. The first kappa shape index (κ1) is 22.4. The van der Waals surface area contributed by atoms with Crippen LogP contribution in [-0.2, 0) is 28.3 Å². The van der Waals surface area contributed by atoms with Crippen molar-refractivity contribution < 1.29 is 28.3 Å². The van der Waals surface area contributed by atoms with E-state index in [4.69, 9.17) is 9.16 Å². The molecular formula is C17H30O6Si. The third kappa shape index (κ3) is 9.49. The first-order valence-corrected chi connectivity index (χ1v) is 11.2. The fraction of sp³-hybridized carbons (Fsp3) is 0.706. The van der Waals surface area contributed by atoms with E-state index < -0.39 is 20.3 Å². The van der Waals surface area contributed by atoms with Crippen molar-refractivity contribution in [1.82, 2.24) is 0 Å². The van der Waals surface area contributed by atoms with Gasteiger partial charge in [0.2, 0.25) is 0 Å². The van der Waals surface area contributed by atoms with Crippen LogP contribution in [-0.4, -0.2) is 39.4 Å². The fourth-order valence-electron chi connectivity index (χ4n) is 2.18. The molecule has 0 amide bonds. The summed E-state index contributed by atoms with van der Waals surface area (Å²) in [7, 11) is -1.88. The summed E-state index contributed by atoms with van der Waals surface area (Å²) < 4.78 is 15.3. The van der Waals surface area contributed by atoms with E-state index in [0.29, 0.717) is 19.3 Å². The summed E-state index contributed by atoms with van der Waals surface area (Å²) in [6, 6.07) is 2.82. The van der Waals surface area contributed by atoms with Crippen LogP contribution in [0.25, 0.3) is 0 Å². The predicted octanol–water partition coefficient (Wildman–Crippen LogP) is 3.37. The van der Waals surface area contributed by atoms with Crippen LogP contribution in [0.4, 0.5) is 0 Å². The number of ether oxygens (including phenoxy) is 2. The molecule has 0 aliphatic heterocycles. The van der Waals surface area contributed by atoms with Gasteiger partial charge in [-0.05, 0) is 37.9 Å². The average molecular weight is 359 g/mol. The smallest absolute Gasteiger partial charge is 0.331 e. The maximum Gasteiger partial charge on any atom is 0.331 e. The maximum atomic E-state index is 11.9. The van der Waals surface area contributed by atoms with E-state index in [1.54, 1.807) is 6.92 Å². The molecule has 0 aliphatic rings. The highest BCUT2D eigenvalue weighted by Crippen LogP contribution is 2.22. The van der Waals surface area contributed by atoms with Gasteiger partial charge >= 0.3 is 11.9 Å². The summed E-state index contributed by atoms with van der Waals surface area (Å²) in [5.74, 6) is -1.33. The second-order valence-corrected chi connectivity index (χ2v) is 10.1. The molecule has 0 saturated heterocycles. The molecule has 138 valence electrons. The van der Waals surface area contributed by atoms with Gasteiger partial charge in [-0.3, -0.25) is 4.79 Å². The second kappa shape index (κ2) is 12.7. The quantitative estimate of drug-likeness (QED) is 0.230. The van der Waals surface area contributed by atoms with Crippen molar-refractivity contribution >= 4 is 26.2 Å². The number of unbranched alkanes of at least 4 members (excludes halogenated alkanes) is 1. The molecular weight excluding hydrogens is 328 g/mol. The molecule has 0 bridgehead atoms. The van der Waals surface area contributed by atoms with E-state index in [9.17, 15) is 14.4 Å². The second-order valence-electron chi connectivity index (χ2n) is 5.43. The zero-order chi connectivity index (χ0) is 18.4. The first-order valence-electron chi connectivity index (χ1n) is 8.66. The normalized spacial score (nSPS) is 11.3. The molecule has 0 rings (SSSR count). The first-order chi connectivity index (χ1) is 11.4. The molecule has 0 atom stereocenters. The van der Waals surface area contributed by atoms with Crippen molar-refractivity contribution in [3.63, 3.8) is 0 Å². The molecule has 0 saturated carbocycles. The molecule has 0 aromatic carbocycles. The number of hydrogen-bond acceptors (Lipinski definition) is 6. The van der Waals surface area contributed by atoms with Crippen molar-refractivity contribution in [2.24, 2.45) is 0 Å². The lowest BCUT2D eigenvalue weighted by molar-refractivity contribution is -0.140. The maximum absolute atomic E-state index is 11.9. The highest BCUT2D eigenvalue weighted by atomic mass is 28.4. The third-order valence-electron chi connectivity index (χ3n) is 3.93. The van der Waals surface area contributed by atoms with Crippen LogP contribution in [0.1, 0.15) is 47.0 Å². The summed E-state index contributed by atoms with van der Waals surface area (Å²) in [6.07, 6.45) is 3.59. The standard InChI is InChI=1S/C17H30O6Si/c1-5-21-15(18)12-13-16(19)22-14-10-9-11-17(20)23-24(6-2,7-3)8-4/h12-13H,5-11,14H2,1-4H3/b13-12+. The van der Waals surface area contributed by atoms with Crippen molar-refractivity contribution in [2.75, 3.05) is 13.2 Å². The van der Waals surface area contributed by atoms with Gasteiger partial charge < -0.3 is 13.9 Å². The summed E-state index contributed by atoms with van der Waals surface area (Å²) in [5, 5.41) is 0. The monoisotopic (exact) mass is 358 g/mol. The predicted molar refractivity (Wildman–Crippen MR) is 93.9 cm³/mol. The lowest BCUT2D eigenvalue weighted by Crippen LogP contribution is -2.38. The zero-order valence-electron chi connectivity index (χ0n) is 15.3. The van der Waals surface area contributed by atoms with E-state index in [1.165, 1.54) is 0 Å². The number of carbonyl (C=O) groups is 3. The van der Waals surface area contributed by atoms with Gasteiger partial charge in [0.15, 0.2) is 0 Å². The molecule has 24 heavy (non-hydrogen) atoms. The molecule has 0 aromatic rings. The van der Waals surface area contributed by atoms with Crippen LogP contribution < -0.4 is 0 Å². The van der Waals surface area contributed by atoms with Gasteiger partial charge in [-0.1, -0.05) is 20.8 Å². The van der Waals surface area contributed by atoms with Crippen LogP contribution in [0.2, 0.25) is 18.1 Å². The Bertz CT molecular complexity index is 421. The van der Waals surface area contributed by atoms with Gasteiger partial charge in [0, 0.05) is 18.6 Å². The highest BCUT2D eigenvalue weighted by Gasteiger charge is 2.32. The molecule has 7 heteroatoms. The van der Waals surface area contributed by atoms with Crippen molar-refractivity contribution in [3.8, 4) is 0 Å². The molecule has 0 unspecified atom stereocenters. The van der Waals surface area contributed by atoms with Crippen LogP contribution in [0, 0.1) is 0 Å². The van der Waals surface area contributed by atoms with Gasteiger partial charge in [-0.25, -0.2) is 9.59 Å². The number of rotatable bonds is 12. The Morgan fingerprint density at radius 1 is 0.833 bits per heavy atom. The molecule has 0 fully saturated rings. The van der Waals surface area contributed by atoms with E-state index in [-0.39, 0.29) is 19.2 Å². The number of hydrogen-bond donors (Lipinski definition) is 0. The molecule has 0 heterocycles. The topological polar surface area (TPSA) is 78.9 Å². The summed E-state index contributed by atoms with van der Waals surface area (Å²) in [6.45, 7) is 8.38. The Labute approximate surface area is 145 Å². The Morgan fingerprint density at radius 2 is 1.38 bits per heavy atom. The minimum Gasteiger partial charge on any atom is -0.519 e. The van der Waals surface area contributed by atoms with E-state index in [1.807, 2.05) is 0 Å². The van der Waals surface area contributed by atoms with Crippen LogP contribution >= 0.6 is 0 Å². The molecule has 0 N–H and O–H groups in total. The highest BCUT2D eigenvalue weighted by molar-refractivity contribution is 6.74. The van der Waals surface area contributed by atoms with Crippen molar-refractivity contribution in [1.29, 1.82) is 0 Å². The minimum atomic E-state index is -1.88. The number of carbonyl (C=O) groups excluding carboxylic acids is 3. The van der Waals surface area contributed by atoms with E-state index in [0.717, 1.165) is 30.3 Å². The largest absolute Gasteiger partial charge is 0.519 e. The molecule has 0 aliphatic carbocycles. The van der Waals surface area contributed by atoms with Gasteiger partial charge in [0.1, 0.15) is 0 Å². The third-order valence-corrected chi connectivity index (χ3v) is 8.45. The van der Waals surface area contributed by atoms with Crippen LogP contribution in [0.5, 0.6) is 0 Å². The Kier molecular flexibility index (Phi) is 11.9. The van der Waals surface area contributed by atoms with Crippen molar-refractivity contribution in [2.45, 2.75) is 65.1 Å². The number of esters is 2. The lowest BCUT2D eigenvalue weighted by Gasteiger charge is -2.27. The van der Waals surface area contributed by atoms with Crippen molar-refractivity contribution in [3.05, 3.63) is 12.2 Å². The Balaban J connectivity index is 3.92.